The number of rotatable bonds is 5. The highest BCUT2D eigenvalue weighted by atomic mass is 35.5. The Morgan fingerprint density at radius 3 is 2.86 bits per heavy atom. The van der Waals surface area contributed by atoms with E-state index in [4.69, 9.17) is 17.3 Å². The normalized spacial score (nSPS) is 10.8. The zero-order valence-corrected chi connectivity index (χ0v) is 15.8. The van der Waals surface area contributed by atoms with Gasteiger partial charge in [0.2, 0.25) is 5.82 Å². The van der Waals surface area contributed by atoms with E-state index in [-0.39, 0.29) is 5.82 Å². The third kappa shape index (κ3) is 3.88. The minimum Gasteiger partial charge on any atom is -0.363 e. The number of nitrogens with two attached hydrogens (primary N) is 1. The van der Waals surface area contributed by atoms with Crippen molar-refractivity contribution in [3.05, 3.63) is 71.9 Å². The number of hydrogen-bond acceptors (Lipinski definition) is 7. The average molecular weight is 408 g/mol. The van der Waals surface area contributed by atoms with E-state index >= 15 is 0 Å². The van der Waals surface area contributed by atoms with Gasteiger partial charge in [-0.2, -0.15) is 0 Å². The second-order valence-corrected chi connectivity index (χ2v) is 7.10. The van der Waals surface area contributed by atoms with Gasteiger partial charge in [-0.3, -0.25) is 9.78 Å². The number of fused-ring (bicyclic) bond motifs is 1. The quantitative estimate of drug-likeness (QED) is 0.517. The number of amides is 1. The minimum atomic E-state index is -0.724. The Kier molecular flexibility index (Phi) is 5.05. The molecule has 0 aliphatic heterocycles. The molecule has 1 radical (unpaired) electrons. The molecule has 0 aliphatic rings. The van der Waals surface area contributed by atoms with Crippen LogP contribution in [0.1, 0.15) is 10.6 Å². The van der Waals surface area contributed by atoms with E-state index in [9.17, 15) is 4.79 Å². The average Bonchev–Trinajstić information content (AvgIpc) is 2.70. The molecule has 7 nitrogen and oxygen atoms in total. The first kappa shape index (κ1) is 18.1. The highest BCUT2D eigenvalue weighted by Gasteiger charge is 2.13. The molecule has 137 valence electrons. The summed E-state index contributed by atoms with van der Waals surface area (Å²) >= 11 is 7.90. The molecule has 1 aromatic carbocycles. The number of aromatic nitrogens is 4. The Morgan fingerprint density at radius 1 is 1.21 bits per heavy atom. The van der Waals surface area contributed by atoms with Crippen LogP contribution in [-0.2, 0) is 0 Å². The molecule has 4 aromatic rings. The van der Waals surface area contributed by atoms with Gasteiger partial charge in [0.15, 0.2) is 0 Å². The predicted molar refractivity (Wildman–Crippen MR) is 108 cm³/mol. The van der Waals surface area contributed by atoms with E-state index in [2.05, 4.69) is 31.4 Å². The Hall–Kier alpha value is -3.23. The van der Waals surface area contributed by atoms with Crippen LogP contribution in [0.2, 0.25) is 5.02 Å². The lowest BCUT2D eigenvalue weighted by Gasteiger charge is -2.11. The van der Waals surface area contributed by atoms with Crippen LogP contribution in [0, 0.1) is 6.20 Å². The summed E-state index contributed by atoms with van der Waals surface area (Å²) in [6.45, 7) is 0. The second kappa shape index (κ2) is 7.79. The zero-order chi connectivity index (χ0) is 19.5. The second-order valence-electron chi connectivity index (χ2n) is 5.63. The first-order valence-electron chi connectivity index (χ1n) is 8.09. The van der Waals surface area contributed by atoms with Crippen molar-refractivity contribution in [1.29, 1.82) is 0 Å². The van der Waals surface area contributed by atoms with Gasteiger partial charge >= 0.3 is 0 Å². The van der Waals surface area contributed by atoms with Crippen LogP contribution in [0.3, 0.4) is 0 Å². The van der Waals surface area contributed by atoms with E-state index in [1.54, 1.807) is 18.3 Å². The molecule has 0 bridgehead atoms. The summed E-state index contributed by atoms with van der Waals surface area (Å²) in [4.78, 5) is 28.9. The van der Waals surface area contributed by atoms with Crippen LogP contribution in [0.15, 0.2) is 64.8 Å². The number of carbonyl (C=O) groups excluding carboxylic acids is 1. The summed E-state index contributed by atoms with van der Waals surface area (Å²) in [5.41, 5.74) is 6.52. The number of nitrogens with zero attached hydrogens (tertiary/aromatic N) is 4. The van der Waals surface area contributed by atoms with Crippen molar-refractivity contribution in [2.45, 2.75) is 9.92 Å². The van der Waals surface area contributed by atoms with Crippen LogP contribution in [0.25, 0.3) is 10.9 Å². The Labute approximate surface area is 169 Å². The first-order chi connectivity index (χ1) is 13.6. The topological polar surface area (TPSA) is 107 Å². The zero-order valence-electron chi connectivity index (χ0n) is 14.3. The molecule has 0 fully saturated rings. The Balaban J connectivity index is 1.66. The molecule has 0 saturated carbocycles. The lowest BCUT2D eigenvalue weighted by Crippen LogP contribution is -2.16. The number of pyridine rings is 2. The molecule has 0 spiro atoms. The molecule has 3 aromatic heterocycles. The van der Waals surface area contributed by atoms with Crippen molar-refractivity contribution in [3.63, 3.8) is 0 Å². The van der Waals surface area contributed by atoms with Gasteiger partial charge in [-0.15, -0.1) is 0 Å². The number of nitrogens with one attached hydrogen (secondary N) is 1. The van der Waals surface area contributed by atoms with E-state index in [1.165, 1.54) is 18.0 Å². The third-order valence-corrected chi connectivity index (χ3v) is 5.16. The first-order valence-corrected chi connectivity index (χ1v) is 9.29. The summed E-state index contributed by atoms with van der Waals surface area (Å²) in [5, 5.41) is 5.22. The predicted octanol–water partition coefficient (Wildman–Crippen LogP) is 3.87. The van der Waals surface area contributed by atoms with Gasteiger partial charge in [0.25, 0.3) is 5.91 Å². The number of primary amides is 1. The SMILES string of the molecule is NC(=O)c1nc(Nc2ccc(Sc3ccccn3)c(Cl)c2)c2c[c]ncc2n1. The van der Waals surface area contributed by atoms with Crippen LogP contribution in [0.5, 0.6) is 0 Å². The van der Waals surface area contributed by atoms with Crippen LogP contribution in [-0.4, -0.2) is 25.8 Å². The Morgan fingerprint density at radius 2 is 2.11 bits per heavy atom. The fourth-order valence-electron chi connectivity index (χ4n) is 2.45. The van der Waals surface area contributed by atoms with E-state index in [0.29, 0.717) is 27.4 Å². The lowest BCUT2D eigenvalue weighted by atomic mass is 10.2. The fourth-order valence-corrected chi connectivity index (χ4v) is 3.53. The monoisotopic (exact) mass is 407 g/mol. The summed E-state index contributed by atoms with van der Waals surface area (Å²) in [6.07, 6.45) is 5.96. The molecule has 4 rings (SSSR count). The summed E-state index contributed by atoms with van der Waals surface area (Å²) in [5.74, 6) is -0.409. The highest BCUT2D eigenvalue weighted by molar-refractivity contribution is 7.99. The third-order valence-electron chi connectivity index (χ3n) is 3.71. The minimum absolute atomic E-state index is 0.101. The van der Waals surface area contributed by atoms with Gasteiger partial charge < -0.3 is 11.1 Å². The fraction of sp³-hybridized carbons (Fsp3) is 0. The van der Waals surface area contributed by atoms with Gasteiger partial charge in [0.05, 0.1) is 22.9 Å². The lowest BCUT2D eigenvalue weighted by molar-refractivity contribution is 0.0991. The Bertz CT molecular complexity index is 1170. The van der Waals surface area contributed by atoms with Crippen molar-refractivity contribution in [2.75, 3.05) is 5.32 Å². The molecule has 0 unspecified atom stereocenters. The number of benzene rings is 1. The van der Waals surface area contributed by atoms with E-state index in [0.717, 1.165) is 9.92 Å². The molecule has 1 amide bonds. The molecule has 28 heavy (non-hydrogen) atoms. The summed E-state index contributed by atoms with van der Waals surface area (Å²) in [6, 6.07) is 12.8. The number of hydrogen-bond donors (Lipinski definition) is 2. The van der Waals surface area contributed by atoms with Crippen molar-refractivity contribution < 1.29 is 4.79 Å². The summed E-state index contributed by atoms with van der Waals surface area (Å²) in [7, 11) is 0. The van der Waals surface area contributed by atoms with Gasteiger partial charge in [0.1, 0.15) is 10.8 Å². The molecule has 3 heterocycles. The van der Waals surface area contributed by atoms with Crippen molar-refractivity contribution in [1.82, 2.24) is 19.9 Å². The van der Waals surface area contributed by atoms with Gasteiger partial charge in [-0.05, 0) is 36.4 Å². The molecular formula is C19H12ClN6OS. The standard InChI is InChI=1S/C19H12ClN6OS/c20-13-9-11(4-5-15(13)28-16-3-1-2-7-23-16)24-18-12-6-8-22-10-14(12)25-19(26-18)17(21)27/h1-7,9-10H,(H2,21,27)(H,24,25,26). The molecule has 0 saturated heterocycles. The van der Waals surface area contributed by atoms with Crippen molar-refractivity contribution in [3.8, 4) is 0 Å². The van der Waals surface area contributed by atoms with Crippen molar-refractivity contribution >= 4 is 51.7 Å². The molecular weight excluding hydrogens is 396 g/mol. The smallest absolute Gasteiger partial charge is 0.286 e. The van der Waals surface area contributed by atoms with Crippen molar-refractivity contribution in [2.24, 2.45) is 5.73 Å². The molecule has 0 aliphatic carbocycles. The van der Waals surface area contributed by atoms with Gasteiger partial charge in [-0.25, -0.2) is 15.0 Å². The number of halogens is 1. The van der Waals surface area contributed by atoms with Gasteiger partial charge in [-0.1, -0.05) is 29.4 Å². The number of carbonyl (C=O) groups is 1. The maximum absolute atomic E-state index is 11.5. The molecule has 9 heteroatoms. The van der Waals surface area contributed by atoms with Crippen LogP contribution < -0.4 is 11.1 Å². The van der Waals surface area contributed by atoms with Crippen LogP contribution >= 0.6 is 23.4 Å². The maximum atomic E-state index is 11.5. The van der Waals surface area contributed by atoms with E-state index < -0.39 is 5.91 Å². The van der Waals surface area contributed by atoms with Crippen LogP contribution in [0.4, 0.5) is 11.5 Å². The van der Waals surface area contributed by atoms with Gasteiger partial charge in [0, 0.05) is 22.2 Å². The largest absolute Gasteiger partial charge is 0.363 e. The summed E-state index contributed by atoms with van der Waals surface area (Å²) < 4.78 is 0. The molecule has 0 atom stereocenters. The number of anilines is 2. The molecule has 3 N–H and O–H groups in total. The highest BCUT2D eigenvalue weighted by Crippen LogP contribution is 2.34. The van der Waals surface area contributed by atoms with E-state index in [1.807, 2.05) is 30.3 Å². The maximum Gasteiger partial charge on any atom is 0.286 e.